The summed E-state index contributed by atoms with van der Waals surface area (Å²) in [5.74, 6) is 2.29. The zero-order chi connectivity index (χ0) is 27.6. The van der Waals surface area contributed by atoms with Crippen molar-refractivity contribution in [2.24, 2.45) is 0 Å². The molecule has 0 saturated carbocycles. The zero-order valence-electron chi connectivity index (χ0n) is 22.3. The Morgan fingerprint density at radius 2 is 1.64 bits per heavy atom. The van der Waals surface area contributed by atoms with Crippen LogP contribution in [0.25, 0.3) is 16.7 Å². The van der Waals surface area contributed by atoms with Crippen molar-refractivity contribution in [1.29, 1.82) is 0 Å². The van der Waals surface area contributed by atoms with E-state index in [2.05, 4.69) is 20.8 Å². The highest BCUT2D eigenvalue weighted by molar-refractivity contribution is 6.33. The van der Waals surface area contributed by atoms with E-state index in [1.54, 1.807) is 38.5 Å². The maximum Gasteiger partial charge on any atom is 0.252 e. The zero-order valence-corrected chi connectivity index (χ0v) is 23.1. The molecule has 12 heteroatoms. The van der Waals surface area contributed by atoms with Crippen LogP contribution in [0, 0.1) is 6.92 Å². The van der Waals surface area contributed by atoms with Gasteiger partial charge in [0.25, 0.3) is 5.91 Å². The van der Waals surface area contributed by atoms with E-state index >= 15 is 0 Å². The van der Waals surface area contributed by atoms with Crippen molar-refractivity contribution in [3.63, 3.8) is 0 Å². The van der Waals surface area contributed by atoms with Crippen LogP contribution in [0.15, 0.2) is 36.4 Å². The van der Waals surface area contributed by atoms with E-state index in [0.717, 1.165) is 24.2 Å². The molecular weight excluding hydrogens is 524 g/mol. The Kier molecular flexibility index (Phi) is 10.1. The molecule has 4 aromatic rings. The first-order valence-corrected chi connectivity index (χ1v) is 13.1. The van der Waals surface area contributed by atoms with Gasteiger partial charge in [0, 0.05) is 39.4 Å². The minimum atomic E-state index is -0.181. The second-order valence-electron chi connectivity index (χ2n) is 8.71. The van der Waals surface area contributed by atoms with E-state index in [1.807, 2.05) is 23.5 Å². The van der Waals surface area contributed by atoms with Gasteiger partial charge in [-0.25, -0.2) is 4.98 Å². The molecule has 0 aliphatic heterocycles. The summed E-state index contributed by atoms with van der Waals surface area (Å²) in [5.41, 5.74) is 2.58. The number of methoxy groups -OCH3 is 2. The second kappa shape index (κ2) is 13.9. The van der Waals surface area contributed by atoms with Crippen LogP contribution in [0.2, 0.25) is 5.02 Å². The van der Waals surface area contributed by atoms with E-state index in [9.17, 15) is 4.79 Å². The number of hydrogen-bond donors (Lipinski definition) is 2. The molecule has 0 aliphatic rings. The molecule has 0 saturated heterocycles. The average molecular weight is 557 g/mol. The van der Waals surface area contributed by atoms with Crippen LogP contribution in [0.3, 0.4) is 0 Å². The Hall–Kier alpha value is -3.67. The van der Waals surface area contributed by atoms with Gasteiger partial charge in [-0.2, -0.15) is 0 Å². The van der Waals surface area contributed by atoms with E-state index in [0.29, 0.717) is 78.6 Å². The molecule has 0 radical (unpaired) electrons. The number of hydrogen-bond acceptors (Lipinski definition) is 9. The first-order chi connectivity index (χ1) is 19.0. The van der Waals surface area contributed by atoms with Gasteiger partial charge in [-0.15, -0.1) is 10.2 Å². The lowest BCUT2D eigenvalue weighted by atomic mass is 10.2. The number of halogens is 1. The lowest BCUT2D eigenvalue weighted by Gasteiger charge is -2.15. The first-order valence-electron chi connectivity index (χ1n) is 12.7. The van der Waals surface area contributed by atoms with E-state index in [1.165, 1.54) is 0 Å². The van der Waals surface area contributed by atoms with Crippen LogP contribution in [-0.4, -0.2) is 79.2 Å². The molecule has 2 aromatic carbocycles. The van der Waals surface area contributed by atoms with Crippen molar-refractivity contribution >= 4 is 40.0 Å². The SMILES string of the molecule is COCCOc1cc2nc(NCCCCNC(=O)c3ccccc3Cl)c3nnc(C)n3c2cc1OCCOC. The number of unbranched alkanes of at least 4 members (excludes halogenated alkanes) is 1. The van der Waals surface area contributed by atoms with Crippen LogP contribution in [0.5, 0.6) is 11.5 Å². The summed E-state index contributed by atoms with van der Waals surface area (Å²) < 4.78 is 24.1. The van der Waals surface area contributed by atoms with Crippen LogP contribution in [-0.2, 0) is 9.47 Å². The highest BCUT2D eigenvalue weighted by Crippen LogP contribution is 2.34. The largest absolute Gasteiger partial charge is 0.487 e. The van der Waals surface area contributed by atoms with Crippen molar-refractivity contribution < 1.29 is 23.7 Å². The average Bonchev–Trinajstić information content (AvgIpc) is 3.33. The smallest absolute Gasteiger partial charge is 0.252 e. The van der Waals surface area contributed by atoms with Crippen molar-refractivity contribution in [3.05, 3.63) is 52.8 Å². The van der Waals surface area contributed by atoms with Gasteiger partial charge in [-0.05, 0) is 31.9 Å². The number of aromatic nitrogens is 4. The molecule has 0 unspecified atom stereocenters. The molecule has 2 aromatic heterocycles. The minimum absolute atomic E-state index is 0.181. The Morgan fingerprint density at radius 3 is 2.36 bits per heavy atom. The number of carbonyl (C=O) groups excluding carboxylic acids is 1. The summed E-state index contributed by atoms with van der Waals surface area (Å²) in [6.45, 7) is 4.69. The third-order valence-electron chi connectivity index (χ3n) is 5.94. The third kappa shape index (κ3) is 7.05. The van der Waals surface area contributed by atoms with Crippen LogP contribution in [0.1, 0.15) is 29.0 Å². The van der Waals surface area contributed by atoms with Gasteiger partial charge in [-0.3, -0.25) is 9.20 Å². The molecule has 1 amide bonds. The summed E-state index contributed by atoms with van der Waals surface area (Å²) in [5, 5.41) is 15.3. The number of amides is 1. The van der Waals surface area contributed by atoms with Gasteiger partial charge in [-0.1, -0.05) is 23.7 Å². The Morgan fingerprint density at radius 1 is 0.949 bits per heavy atom. The van der Waals surface area contributed by atoms with E-state index < -0.39 is 0 Å². The summed E-state index contributed by atoms with van der Waals surface area (Å²) in [6.07, 6.45) is 1.58. The molecule has 2 heterocycles. The van der Waals surface area contributed by atoms with Gasteiger partial charge < -0.3 is 29.6 Å². The number of ether oxygens (including phenoxy) is 4. The fourth-order valence-electron chi connectivity index (χ4n) is 4.00. The predicted molar refractivity (Wildman–Crippen MR) is 149 cm³/mol. The maximum absolute atomic E-state index is 12.3. The van der Waals surface area contributed by atoms with Gasteiger partial charge in [0.1, 0.15) is 19.0 Å². The quantitative estimate of drug-likeness (QED) is 0.210. The standard InChI is InChI=1S/C27H33ClN6O5/c1-18-32-33-26-25(29-10-6-7-11-30-27(35)19-8-4-5-9-20(19)28)31-21-16-23(38-14-12-36-2)24(39-15-13-37-3)17-22(21)34(18)26/h4-5,8-9,16-17H,6-7,10-15H2,1-3H3,(H,29,31)(H,30,35). The molecule has 4 rings (SSSR count). The maximum atomic E-state index is 12.3. The molecule has 0 spiro atoms. The van der Waals surface area contributed by atoms with Crippen molar-refractivity contribution in [2.45, 2.75) is 19.8 Å². The monoisotopic (exact) mass is 556 g/mol. The number of carbonyl (C=O) groups is 1. The summed E-state index contributed by atoms with van der Waals surface area (Å²) in [7, 11) is 3.25. The van der Waals surface area contributed by atoms with Crippen LogP contribution >= 0.6 is 11.6 Å². The molecule has 39 heavy (non-hydrogen) atoms. The summed E-state index contributed by atoms with van der Waals surface area (Å²) in [4.78, 5) is 17.2. The highest BCUT2D eigenvalue weighted by atomic mass is 35.5. The van der Waals surface area contributed by atoms with Gasteiger partial charge in [0.15, 0.2) is 17.3 Å². The molecule has 208 valence electrons. The summed E-state index contributed by atoms with van der Waals surface area (Å²) >= 11 is 6.10. The van der Waals surface area contributed by atoms with E-state index in [4.69, 9.17) is 35.5 Å². The normalized spacial score (nSPS) is 11.2. The van der Waals surface area contributed by atoms with Crippen molar-refractivity contribution in [2.75, 3.05) is 59.1 Å². The fourth-order valence-corrected chi connectivity index (χ4v) is 4.22. The summed E-state index contributed by atoms with van der Waals surface area (Å²) in [6, 6.07) is 10.7. The minimum Gasteiger partial charge on any atom is -0.487 e. The first kappa shape index (κ1) is 28.3. The molecule has 0 fully saturated rings. The third-order valence-corrected chi connectivity index (χ3v) is 6.27. The molecule has 11 nitrogen and oxygen atoms in total. The Balaban J connectivity index is 1.46. The number of aryl methyl sites for hydroxylation is 1. The van der Waals surface area contributed by atoms with Crippen LogP contribution < -0.4 is 20.1 Å². The fraction of sp³-hybridized carbons (Fsp3) is 0.407. The predicted octanol–water partition coefficient (Wildman–Crippen LogP) is 3.91. The molecule has 0 atom stereocenters. The Labute approximate surface area is 231 Å². The lowest BCUT2D eigenvalue weighted by Crippen LogP contribution is -2.25. The second-order valence-corrected chi connectivity index (χ2v) is 9.11. The molecule has 0 aliphatic carbocycles. The van der Waals surface area contributed by atoms with Gasteiger partial charge >= 0.3 is 0 Å². The number of rotatable bonds is 15. The number of fused-ring (bicyclic) bond motifs is 3. The van der Waals surface area contributed by atoms with E-state index in [-0.39, 0.29) is 5.91 Å². The van der Waals surface area contributed by atoms with Gasteiger partial charge in [0.2, 0.25) is 5.65 Å². The Bertz CT molecular complexity index is 1410. The van der Waals surface area contributed by atoms with Crippen LogP contribution in [0.4, 0.5) is 5.82 Å². The number of anilines is 1. The van der Waals surface area contributed by atoms with Crippen molar-refractivity contribution in [3.8, 4) is 11.5 Å². The lowest BCUT2D eigenvalue weighted by molar-refractivity contribution is 0.0953. The number of benzene rings is 2. The number of nitrogens with one attached hydrogen (secondary N) is 2. The molecular formula is C27H33ClN6O5. The highest BCUT2D eigenvalue weighted by Gasteiger charge is 2.17. The molecule has 2 N–H and O–H groups in total. The van der Waals surface area contributed by atoms with Crippen molar-refractivity contribution in [1.82, 2.24) is 24.9 Å². The number of nitrogens with zero attached hydrogens (tertiary/aromatic N) is 4. The van der Waals surface area contributed by atoms with Gasteiger partial charge in [0.05, 0.1) is 34.8 Å². The topological polar surface area (TPSA) is 121 Å². The molecule has 0 bridgehead atoms.